The van der Waals surface area contributed by atoms with E-state index < -0.39 is 6.10 Å². The van der Waals surface area contributed by atoms with Crippen molar-refractivity contribution < 1.29 is 28.6 Å². The Morgan fingerprint density at radius 1 is 0.259 bits per heavy atom. The van der Waals surface area contributed by atoms with Crippen LogP contribution in [-0.2, 0) is 28.6 Å². The Kier molecular flexibility index (Phi) is 64.8. The molecule has 462 valence electrons. The summed E-state index contributed by atoms with van der Waals surface area (Å²) in [5, 5.41) is 0. The Hall–Kier alpha value is -4.19. The zero-order valence-electron chi connectivity index (χ0n) is 53.0. The van der Waals surface area contributed by atoms with Gasteiger partial charge in [0.1, 0.15) is 13.2 Å². The fourth-order valence-electron chi connectivity index (χ4n) is 9.42. The van der Waals surface area contributed by atoms with Crippen LogP contribution in [0.2, 0.25) is 0 Å². The Labute approximate surface area is 501 Å². The molecule has 0 bridgehead atoms. The van der Waals surface area contributed by atoms with Crippen LogP contribution in [0.25, 0.3) is 0 Å². The van der Waals surface area contributed by atoms with Crippen LogP contribution in [0.1, 0.15) is 316 Å². The van der Waals surface area contributed by atoms with Gasteiger partial charge in [0.05, 0.1) is 0 Å². The maximum Gasteiger partial charge on any atom is 0.306 e. The third-order valence-electron chi connectivity index (χ3n) is 14.4. The summed E-state index contributed by atoms with van der Waals surface area (Å²) in [4.78, 5) is 38.2. The minimum Gasteiger partial charge on any atom is -0.462 e. The summed E-state index contributed by atoms with van der Waals surface area (Å²) in [5.41, 5.74) is 0. The number of hydrogen-bond donors (Lipinski definition) is 0. The predicted octanol–water partition coefficient (Wildman–Crippen LogP) is 23.6. The van der Waals surface area contributed by atoms with Gasteiger partial charge in [0.2, 0.25) is 0 Å². The summed E-state index contributed by atoms with van der Waals surface area (Å²) in [5.74, 6) is -1.04. The Bertz CT molecular complexity index is 1670. The smallest absolute Gasteiger partial charge is 0.306 e. The second-order valence-corrected chi connectivity index (χ2v) is 22.3. The molecule has 1 unspecified atom stereocenters. The predicted molar refractivity (Wildman–Crippen MR) is 353 cm³/mol. The molecule has 0 aliphatic rings. The van der Waals surface area contributed by atoms with Crippen LogP contribution in [-0.4, -0.2) is 37.2 Å². The number of allylic oxidation sites excluding steroid dienone is 20. The Balaban J connectivity index is 4.15. The first-order chi connectivity index (χ1) is 40.0. The van der Waals surface area contributed by atoms with E-state index in [1.165, 1.54) is 173 Å². The number of esters is 3. The molecule has 0 aromatic carbocycles. The van der Waals surface area contributed by atoms with Crippen molar-refractivity contribution in [1.29, 1.82) is 0 Å². The van der Waals surface area contributed by atoms with Crippen molar-refractivity contribution in [2.24, 2.45) is 0 Å². The fourth-order valence-corrected chi connectivity index (χ4v) is 9.42. The molecule has 0 aliphatic carbocycles. The average Bonchev–Trinajstić information content (AvgIpc) is 3.46. The van der Waals surface area contributed by atoms with Gasteiger partial charge in [-0.05, 0) is 116 Å². The van der Waals surface area contributed by atoms with Gasteiger partial charge in [0.25, 0.3) is 0 Å². The lowest BCUT2D eigenvalue weighted by Gasteiger charge is -2.18. The van der Waals surface area contributed by atoms with Gasteiger partial charge in [-0.15, -0.1) is 0 Å². The van der Waals surface area contributed by atoms with Crippen LogP contribution >= 0.6 is 0 Å². The third-order valence-corrected chi connectivity index (χ3v) is 14.4. The van der Waals surface area contributed by atoms with E-state index in [0.29, 0.717) is 19.3 Å². The van der Waals surface area contributed by atoms with E-state index in [9.17, 15) is 14.4 Å². The molecule has 0 heterocycles. The van der Waals surface area contributed by atoms with Gasteiger partial charge < -0.3 is 14.2 Å². The van der Waals surface area contributed by atoms with Gasteiger partial charge in [0, 0.05) is 19.3 Å². The topological polar surface area (TPSA) is 78.9 Å². The summed E-state index contributed by atoms with van der Waals surface area (Å²) >= 11 is 0. The first-order valence-corrected chi connectivity index (χ1v) is 34.0. The molecule has 0 saturated heterocycles. The minimum atomic E-state index is -0.831. The summed E-state index contributed by atoms with van der Waals surface area (Å²) in [7, 11) is 0. The van der Waals surface area contributed by atoms with Gasteiger partial charge in [-0.2, -0.15) is 0 Å². The molecular weight excluding hydrogens is 997 g/mol. The number of unbranched alkanes of at least 4 members (excludes halogenated alkanes) is 30. The Morgan fingerprint density at radius 2 is 0.506 bits per heavy atom. The normalized spacial score (nSPS) is 12.9. The zero-order valence-corrected chi connectivity index (χ0v) is 53.0. The lowest BCUT2D eigenvalue weighted by atomic mass is 10.0. The quantitative estimate of drug-likeness (QED) is 0.0261. The minimum absolute atomic E-state index is 0.117. The van der Waals surface area contributed by atoms with Gasteiger partial charge >= 0.3 is 17.9 Å². The van der Waals surface area contributed by atoms with E-state index in [1.807, 2.05) is 12.2 Å². The van der Waals surface area contributed by atoms with E-state index in [0.717, 1.165) is 89.9 Å². The number of hydrogen-bond acceptors (Lipinski definition) is 6. The van der Waals surface area contributed by atoms with Crippen LogP contribution in [0.15, 0.2) is 122 Å². The first-order valence-electron chi connectivity index (χ1n) is 34.0. The molecule has 0 amide bonds. The summed E-state index contributed by atoms with van der Waals surface area (Å²) in [6, 6.07) is 0. The molecule has 0 radical (unpaired) electrons. The van der Waals surface area contributed by atoms with Crippen molar-refractivity contribution in [3.8, 4) is 0 Å². The zero-order chi connectivity index (χ0) is 58.5. The van der Waals surface area contributed by atoms with E-state index in [4.69, 9.17) is 14.2 Å². The summed E-state index contributed by atoms with van der Waals surface area (Å²) in [6.45, 7) is 6.32. The molecule has 6 heteroatoms. The molecule has 0 aromatic heterocycles. The van der Waals surface area contributed by atoms with Crippen molar-refractivity contribution in [2.75, 3.05) is 13.2 Å². The van der Waals surface area contributed by atoms with Crippen molar-refractivity contribution in [2.45, 2.75) is 322 Å². The average molecular weight is 1120 g/mol. The first kappa shape index (κ1) is 76.8. The SMILES string of the molecule is CC/C=C\C/C=C\C/C=C\C/C=C\CCCCC(=O)OC(COC(=O)CC/C=C\C/C=C\C/C=C\C/C=C\CC)COC(=O)CCCCCCCCCCCCCCCCCCCCCCCCC/C=C\C/C=C\CCCCCCC. The van der Waals surface area contributed by atoms with Crippen molar-refractivity contribution in [1.82, 2.24) is 0 Å². The molecule has 81 heavy (non-hydrogen) atoms. The van der Waals surface area contributed by atoms with E-state index in [-0.39, 0.29) is 44.0 Å². The van der Waals surface area contributed by atoms with Crippen LogP contribution in [0, 0.1) is 0 Å². The second-order valence-electron chi connectivity index (χ2n) is 22.3. The van der Waals surface area contributed by atoms with E-state index >= 15 is 0 Å². The molecule has 0 saturated carbocycles. The van der Waals surface area contributed by atoms with Crippen molar-refractivity contribution in [3.05, 3.63) is 122 Å². The molecule has 6 nitrogen and oxygen atoms in total. The standard InChI is InChI=1S/C75H126O6/c1-4-7-10-13-16-19-22-25-27-28-29-30-31-32-33-34-35-36-37-38-39-40-41-42-43-44-45-46-48-50-53-56-59-62-65-68-74(77)80-71-72(70-79-73(76)67-64-61-58-55-52-49-24-21-18-15-12-9-6-3)81-75(78)69-66-63-60-57-54-51-47-26-23-20-17-14-11-8-5-2/h8-9,11-12,17-18,20-22,25-26,28-29,47,49,52,54,57-58,61,72H,4-7,10,13-16,19,23-24,27,30-46,48,50-51,53,55-56,59-60,62-71H2,1-3H3/b11-8-,12-9-,20-17-,21-18-,25-22-,29-28-,47-26-,52-49-,57-54-,61-58-. The molecule has 0 fully saturated rings. The number of rotatable bonds is 61. The highest BCUT2D eigenvalue weighted by molar-refractivity contribution is 5.71. The summed E-state index contributed by atoms with van der Waals surface area (Å²) in [6.07, 6.45) is 95.6. The van der Waals surface area contributed by atoms with Gasteiger partial charge in [-0.25, -0.2) is 0 Å². The highest BCUT2D eigenvalue weighted by atomic mass is 16.6. The number of carbonyl (C=O) groups excluding carboxylic acids is 3. The van der Waals surface area contributed by atoms with Gasteiger partial charge in [-0.3, -0.25) is 14.4 Å². The second kappa shape index (κ2) is 68.3. The molecule has 0 aliphatic heterocycles. The maximum atomic E-state index is 12.9. The number of ether oxygens (including phenoxy) is 3. The van der Waals surface area contributed by atoms with Gasteiger partial charge in [-0.1, -0.05) is 303 Å². The lowest BCUT2D eigenvalue weighted by Crippen LogP contribution is -2.30. The molecule has 1 atom stereocenters. The van der Waals surface area contributed by atoms with Gasteiger partial charge in [0.15, 0.2) is 6.10 Å². The van der Waals surface area contributed by atoms with Crippen molar-refractivity contribution >= 4 is 17.9 Å². The fraction of sp³-hybridized carbons (Fsp3) is 0.693. The molecular formula is C75H126O6. The van der Waals surface area contributed by atoms with Crippen molar-refractivity contribution in [3.63, 3.8) is 0 Å². The van der Waals surface area contributed by atoms with E-state index in [1.54, 1.807) is 0 Å². The highest BCUT2D eigenvalue weighted by Crippen LogP contribution is 2.17. The lowest BCUT2D eigenvalue weighted by molar-refractivity contribution is -0.166. The third kappa shape index (κ3) is 66.5. The van der Waals surface area contributed by atoms with Crippen LogP contribution in [0.3, 0.4) is 0 Å². The maximum absolute atomic E-state index is 12.9. The Morgan fingerprint density at radius 3 is 0.852 bits per heavy atom. The largest absolute Gasteiger partial charge is 0.462 e. The van der Waals surface area contributed by atoms with Crippen LogP contribution in [0.4, 0.5) is 0 Å². The molecule has 0 rings (SSSR count). The van der Waals surface area contributed by atoms with Crippen LogP contribution < -0.4 is 0 Å². The van der Waals surface area contributed by atoms with E-state index in [2.05, 4.69) is 130 Å². The molecule has 0 N–H and O–H groups in total. The highest BCUT2D eigenvalue weighted by Gasteiger charge is 2.19. The molecule has 0 spiro atoms. The monoisotopic (exact) mass is 1120 g/mol. The molecule has 0 aromatic rings. The number of carbonyl (C=O) groups is 3. The summed E-state index contributed by atoms with van der Waals surface area (Å²) < 4.78 is 16.8. The van der Waals surface area contributed by atoms with Crippen LogP contribution in [0.5, 0.6) is 0 Å².